The Hall–Kier alpha value is -3.13. The van der Waals surface area contributed by atoms with E-state index < -0.39 is 0 Å². The van der Waals surface area contributed by atoms with E-state index >= 15 is 0 Å². The van der Waals surface area contributed by atoms with Gasteiger partial charge in [0.25, 0.3) is 0 Å². The first-order valence-corrected chi connectivity index (χ1v) is 8.45. The van der Waals surface area contributed by atoms with Crippen molar-refractivity contribution in [2.75, 3.05) is 20.3 Å². The third kappa shape index (κ3) is 5.18. The molecule has 2 heterocycles. The molecule has 1 aliphatic rings. The highest BCUT2D eigenvalue weighted by atomic mass is 19.1. The predicted octanol–water partition coefficient (Wildman–Crippen LogP) is 2.57. The van der Waals surface area contributed by atoms with Crippen molar-refractivity contribution in [2.24, 2.45) is 4.99 Å². The van der Waals surface area contributed by atoms with Crippen LogP contribution < -0.4 is 0 Å². The summed E-state index contributed by atoms with van der Waals surface area (Å²) in [7, 11) is 1.66. The molecule has 136 valence electrons. The zero-order valence-corrected chi connectivity index (χ0v) is 14.8. The first-order chi connectivity index (χ1) is 12.7. The van der Waals surface area contributed by atoms with Crippen molar-refractivity contribution < 1.29 is 4.39 Å². The number of aliphatic imine (C=N–C) groups is 1. The lowest BCUT2D eigenvalue weighted by atomic mass is 10.1. The Balaban J connectivity index is 2.13. The second kappa shape index (κ2) is 10.00. The molecule has 0 bridgehead atoms. The van der Waals surface area contributed by atoms with Gasteiger partial charge in [-0.05, 0) is 24.8 Å². The van der Waals surface area contributed by atoms with Gasteiger partial charge in [-0.1, -0.05) is 6.08 Å². The van der Waals surface area contributed by atoms with Crippen LogP contribution in [0.4, 0.5) is 4.39 Å². The van der Waals surface area contributed by atoms with Crippen LogP contribution in [0.25, 0.3) is 0 Å². The highest BCUT2D eigenvalue weighted by Gasteiger charge is 2.18. The quantitative estimate of drug-likeness (QED) is 0.386. The molecule has 0 fully saturated rings. The molecule has 0 saturated carbocycles. The smallest absolute Gasteiger partial charge is 0.199 e. The number of hydrogen-bond acceptors (Lipinski definition) is 6. The van der Waals surface area contributed by atoms with Crippen molar-refractivity contribution in [3.63, 3.8) is 0 Å². The van der Waals surface area contributed by atoms with Crippen LogP contribution in [-0.4, -0.2) is 46.2 Å². The lowest BCUT2D eigenvalue weighted by Gasteiger charge is -2.30. The fourth-order valence-electron chi connectivity index (χ4n) is 2.67. The summed E-state index contributed by atoms with van der Waals surface area (Å²) < 4.78 is 14.7. The molecule has 0 unspecified atom stereocenters. The first kappa shape index (κ1) is 19.2. The van der Waals surface area contributed by atoms with E-state index in [0.29, 0.717) is 25.9 Å². The Bertz CT molecular complexity index is 763. The Morgan fingerprint density at radius 1 is 1.38 bits per heavy atom. The summed E-state index contributed by atoms with van der Waals surface area (Å²) in [6, 6.07) is 1.97. The van der Waals surface area contributed by atoms with Crippen LogP contribution in [0, 0.1) is 22.8 Å². The summed E-state index contributed by atoms with van der Waals surface area (Å²) in [6.07, 6.45) is 13.1. The normalized spacial score (nSPS) is 13.9. The molecule has 0 aliphatic carbocycles. The van der Waals surface area contributed by atoms with E-state index in [0.717, 1.165) is 29.9 Å². The van der Waals surface area contributed by atoms with Gasteiger partial charge in [-0.3, -0.25) is 9.40 Å². The maximum atomic E-state index is 12.7. The fourth-order valence-corrected chi connectivity index (χ4v) is 2.67. The van der Waals surface area contributed by atoms with E-state index in [-0.39, 0.29) is 6.67 Å². The summed E-state index contributed by atoms with van der Waals surface area (Å²) in [6.45, 7) is 0.702. The lowest BCUT2D eigenvalue weighted by molar-refractivity contribution is 0.164. The van der Waals surface area contributed by atoms with E-state index in [1.807, 2.05) is 29.1 Å². The maximum absolute atomic E-state index is 12.7. The lowest BCUT2D eigenvalue weighted by Crippen LogP contribution is -2.39. The van der Waals surface area contributed by atoms with Gasteiger partial charge in [0.1, 0.15) is 12.2 Å². The van der Waals surface area contributed by atoms with Crippen LogP contribution in [0.3, 0.4) is 0 Å². The summed E-state index contributed by atoms with van der Waals surface area (Å²) in [4.78, 5) is 8.87. The predicted molar refractivity (Wildman–Crippen MR) is 96.1 cm³/mol. The Kier molecular flexibility index (Phi) is 7.38. The van der Waals surface area contributed by atoms with Crippen LogP contribution in [0.15, 0.2) is 40.8 Å². The molecule has 0 saturated heterocycles. The van der Waals surface area contributed by atoms with Gasteiger partial charge >= 0.3 is 0 Å². The number of allylic oxidation sites excluding steroid dienone is 3. The van der Waals surface area contributed by atoms with Crippen molar-refractivity contribution in [1.29, 1.82) is 10.5 Å². The van der Waals surface area contributed by atoms with Gasteiger partial charge in [-0.15, -0.1) is 0 Å². The number of halogens is 1. The Morgan fingerprint density at radius 3 is 2.96 bits per heavy atom. The second-order valence-electron chi connectivity index (χ2n) is 5.85. The summed E-state index contributed by atoms with van der Waals surface area (Å²) in [5.74, 6) is 0.914. The molecule has 0 radical (unpaired) electrons. The topological polar surface area (TPSA) is 84.2 Å². The molecular weight excluding hydrogens is 333 g/mol. The van der Waals surface area contributed by atoms with Gasteiger partial charge in [0.2, 0.25) is 0 Å². The molecule has 8 heteroatoms. The summed E-state index contributed by atoms with van der Waals surface area (Å²) >= 11 is 0. The molecule has 0 N–H and O–H groups in total. The number of aryl methyl sites for hydroxylation is 1. The van der Waals surface area contributed by atoms with Crippen molar-refractivity contribution in [2.45, 2.75) is 32.2 Å². The van der Waals surface area contributed by atoms with Crippen LogP contribution in [0.1, 0.15) is 25.1 Å². The van der Waals surface area contributed by atoms with Crippen LogP contribution in [-0.2, 0) is 13.0 Å². The molecule has 1 aliphatic heterocycles. The number of aromatic nitrogens is 2. The van der Waals surface area contributed by atoms with Crippen LogP contribution in [0.5, 0.6) is 0 Å². The monoisotopic (exact) mass is 355 g/mol. The molecule has 1 aromatic heterocycles. The third-order valence-electron chi connectivity index (χ3n) is 4.10. The van der Waals surface area contributed by atoms with Gasteiger partial charge in [0, 0.05) is 31.9 Å². The Morgan fingerprint density at radius 2 is 2.23 bits per heavy atom. The number of nitriles is 2. The van der Waals surface area contributed by atoms with E-state index in [9.17, 15) is 4.39 Å². The van der Waals surface area contributed by atoms with Crippen LogP contribution >= 0.6 is 0 Å². The van der Waals surface area contributed by atoms with Gasteiger partial charge in [-0.25, -0.2) is 15.0 Å². The van der Waals surface area contributed by atoms with Crippen molar-refractivity contribution in [1.82, 2.24) is 19.6 Å². The summed E-state index contributed by atoms with van der Waals surface area (Å²) in [5.41, 5.74) is 1.91. The summed E-state index contributed by atoms with van der Waals surface area (Å²) in [5, 5.41) is 20.7. The van der Waals surface area contributed by atoms with Gasteiger partial charge in [0.05, 0.1) is 31.5 Å². The molecule has 1 aromatic rings. The third-order valence-corrected chi connectivity index (χ3v) is 4.10. The minimum Gasteiger partial charge on any atom is -0.329 e. The molecular formula is C18H22FN7. The maximum Gasteiger partial charge on any atom is 0.199 e. The van der Waals surface area contributed by atoms with Crippen molar-refractivity contribution >= 4 is 6.34 Å². The standard InChI is InChI=1S/C18H22FN7/c1-24(14-21)26-12-16(6-5-8-19)17(23-15-26)13-25-11-10-22-18(25)7-3-2-4-9-20/h2,4,10-11,15H,3,5-8,12-13H2,1H3/b4-2+. The van der Waals surface area contributed by atoms with Gasteiger partial charge < -0.3 is 4.57 Å². The number of hydrazine groups is 1. The van der Waals surface area contributed by atoms with E-state index in [1.165, 1.54) is 11.1 Å². The van der Waals surface area contributed by atoms with Crippen LogP contribution in [0.2, 0.25) is 0 Å². The minimum absolute atomic E-state index is 0.379. The molecule has 0 aromatic carbocycles. The van der Waals surface area contributed by atoms with E-state index in [4.69, 9.17) is 10.5 Å². The molecule has 0 amide bonds. The number of imidazole rings is 1. The first-order valence-electron chi connectivity index (χ1n) is 8.45. The van der Waals surface area contributed by atoms with Crippen molar-refractivity contribution in [3.8, 4) is 12.3 Å². The largest absolute Gasteiger partial charge is 0.329 e. The highest BCUT2D eigenvalue weighted by molar-refractivity contribution is 5.59. The van der Waals surface area contributed by atoms with E-state index in [2.05, 4.69) is 9.98 Å². The minimum atomic E-state index is -0.379. The SMILES string of the molecule is CN(C#N)N1C=NC(Cn2ccnc2CC/C=C/C#N)=C(CCCF)C1. The molecule has 26 heavy (non-hydrogen) atoms. The zero-order valence-electron chi connectivity index (χ0n) is 14.8. The average molecular weight is 355 g/mol. The highest BCUT2D eigenvalue weighted by Crippen LogP contribution is 2.21. The van der Waals surface area contributed by atoms with Crippen molar-refractivity contribution in [3.05, 3.63) is 41.6 Å². The van der Waals surface area contributed by atoms with Gasteiger partial charge in [0.15, 0.2) is 6.19 Å². The van der Waals surface area contributed by atoms with E-state index in [1.54, 1.807) is 24.6 Å². The molecule has 2 rings (SSSR count). The number of alkyl halides is 1. The zero-order chi connectivity index (χ0) is 18.8. The fraction of sp³-hybridized carbons (Fsp3) is 0.444. The molecule has 0 spiro atoms. The molecule has 7 nitrogen and oxygen atoms in total. The average Bonchev–Trinajstić information content (AvgIpc) is 3.10. The molecule has 0 atom stereocenters. The second-order valence-corrected chi connectivity index (χ2v) is 5.85. The Labute approximate surface area is 152 Å². The number of hydrogen-bond donors (Lipinski definition) is 0. The van der Waals surface area contributed by atoms with Gasteiger partial charge in [-0.2, -0.15) is 10.5 Å². The number of rotatable bonds is 9. The number of nitrogens with zero attached hydrogens (tertiary/aromatic N) is 7.